The molecule has 1 heterocycles. The number of nitrogens with one attached hydrogen (secondary N) is 1. The van der Waals surface area contributed by atoms with Crippen LogP contribution in [0.5, 0.6) is 0 Å². The van der Waals surface area contributed by atoms with Gasteiger partial charge in [0.15, 0.2) is 0 Å². The van der Waals surface area contributed by atoms with Gasteiger partial charge < -0.3 is 15.3 Å². The summed E-state index contributed by atoms with van der Waals surface area (Å²) in [4.78, 5) is 24.9. The van der Waals surface area contributed by atoms with Crippen LogP contribution in [-0.2, 0) is 4.79 Å². The highest BCUT2D eigenvalue weighted by Crippen LogP contribution is 2.24. The van der Waals surface area contributed by atoms with Crippen molar-refractivity contribution in [1.82, 2.24) is 4.90 Å². The van der Waals surface area contributed by atoms with Crippen molar-refractivity contribution in [3.63, 3.8) is 0 Å². The highest BCUT2D eigenvalue weighted by molar-refractivity contribution is 5.91. The number of carbonyl (C=O) groups excluding carboxylic acids is 1. The maximum Gasteiger partial charge on any atom is 0.322 e. The van der Waals surface area contributed by atoms with Crippen LogP contribution in [0.25, 0.3) is 0 Å². The fraction of sp³-hybridized carbons (Fsp3) is 0.771. The van der Waals surface area contributed by atoms with Crippen molar-refractivity contribution in [2.45, 2.75) is 169 Å². The maximum absolute atomic E-state index is 12.6. The Morgan fingerprint density at radius 1 is 0.775 bits per heavy atom. The van der Waals surface area contributed by atoms with Crippen LogP contribution in [0.4, 0.5) is 10.5 Å². The molecular formula is C35H62N2O3. The average Bonchev–Trinajstić information content (AvgIpc) is 2.93. The summed E-state index contributed by atoms with van der Waals surface area (Å²) in [6.45, 7) is 9.44. The lowest BCUT2D eigenvalue weighted by atomic mass is 9.98. The molecule has 2 rings (SSSR count). The Kier molecular flexibility index (Phi) is 21.3. The third-order valence-corrected chi connectivity index (χ3v) is 8.22. The number of urea groups is 1. The predicted molar refractivity (Wildman–Crippen MR) is 171 cm³/mol. The molecule has 5 nitrogen and oxygen atoms in total. The van der Waals surface area contributed by atoms with Crippen molar-refractivity contribution >= 4 is 17.7 Å². The first-order valence-electron chi connectivity index (χ1n) is 16.8. The molecule has 5 heteroatoms. The molecule has 1 aromatic rings. The summed E-state index contributed by atoms with van der Waals surface area (Å²) >= 11 is 0. The molecule has 2 N–H and O–H groups in total. The van der Waals surface area contributed by atoms with Crippen molar-refractivity contribution in [1.29, 1.82) is 0 Å². The van der Waals surface area contributed by atoms with Crippen molar-refractivity contribution in [2.75, 3.05) is 11.9 Å². The molecule has 0 radical (unpaired) electrons. The van der Waals surface area contributed by atoms with E-state index in [2.05, 4.69) is 19.2 Å². The van der Waals surface area contributed by atoms with Gasteiger partial charge in [-0.15, -0.1) is 0 Å². The van der Waals surface area contributed by atoms with Crippen LogP contribution in [-0.4, -0.2) is 34.6 Å². The molecule has 0 spiro atoms. The molecule has 1 fully saturated rings. The highest BCUT2D eigenvalue weighted by Gasteiger charge is 2.26. The van der Waals surface area contributed by atoms with Gasteiger partial charge in [0.2, 0.25) is 0 Å². The predicted octanol–water partition coefficient (Wildman–Crippen LogP) is 10.8. The van der Waals surface area contributed by atoms with Gasteiger partial charge in [0.1, 0.15) is 0 Å². The Balaban J connectivity index is 0.000000400. The fourth-order valence-corrected chi connectivity index (χ4v) is 5.74. The van der Waals surface area contributed by atoms with Crippen molar-refractivity contribution < 1.29 is 14.7 Å². The molecule has 0 aliphatic carbocycles. The summed E-state index contributed by atoms with van der Waals surface area (Å²) in [5.41, 5.74) is 3.23. The lowest BCUT2D eigenvalue weighted by Gasteiger charge is -2.36. The van der Waals surface area contributed by atoms with Crippen molar-refractivity contribution in [3.05, 3.63) is 29.3 Å². The molecule has 1 saturated heterocycles. The number of carboxylic acid groups (broad SMARTS) is 1. The lowest BCUT2D eigenvalue weighted by Crippen LogP contribution is -2.46. The number of nitrogens with zero attached hydrogens (tertiary/aromatic N) is 1. The van der Waals surface area contributed by atoms with Gasteiger partial charge in [0, 0.05) is 24.7 Å². The molecule has 1 aliphatic rings. The van der Waals surface area contributed by atoms with Gasteiger partial charge in [-0.25, -0.2) is 4.79 Å². The van der Waals surface area contributed by atoms with Gasteiger partial charge >= 0.3 is 12.0 Å². The molecule has 1 aromatic carbocycles. The van der Waals surface area contributed by atoms with Gasteiger partial charge in [-0.3, -0.25) is 4.79 Å². The van der Waals surface area contributed by atoms with Crippen LogP contribution in [0, 0.1) is 13.8 Å². The van der Waals surface area contributed by atoms with E-state index in [4.69, 9.17) is 5.11 Å². The quantitative estimate of drug-likeness (QED) is 0.166. The second-order valence-corrected chi connectivity index (χ2v) is 11.9. The molecule has 0 bridgehead atoms. The number of unbranched alkanes of at least 4 members (excludes halogenated alkanes) is 14. The van der Waals surface area contributed by atoms with Crippen LogP contribution < -0.4 is 5.32 Å². The average molecular weight is 559 g/mol. The number of hydrogen-bond acceptors (Lipinski definition) is 2. The number of aliphatic carboxylic acids is 1. The SMILES string of the molecule is CCCC1CCCCN1C(=O)Nc1c(C)cccc1C.CCCCCCCCCCCCCCCCCC(=O)O. The van der Waals surface area contributed by atoms with E-state index < -0.39 is 5.97 Å². The topological polar surface area (TPSA) is 69.6 Å². The second-order valence-electron chi connectivity index (χ2n) is 11.9. The van der Waals surface area contributed by atoms with Gasteiger partial charge in [-0.1, -0.05) is 128 Å². The standard InChI is InChI=1S/C18H36O2.C17H26N2O/c1-2-3-4-5-6-7-8-9-10-11-12-13-14-15-16-17-18(19)20;1-4-8-15-11-5-6-12-19(15)17(20)18-16-13(2)9-7-10-14(16)3/h2-17H2,1H3,(H,19,20);7,9-10,15H,4-6,8,11-12H2,1-3H3,(H,18,20). The minimum atomic E-state index is -0.653. The van der Waals surface area contributed by atoms with E-state index in [0.29, 0.717) is 12.5 Å². The van der Waals surface area contributed by atoms with Crippen molar-refractivity contribution in [2.24, 2.45) is 0 Å². The molecule has 1 atom stereocenters. The largest absolute Gasteiger partial charge is 0.481 e. The fourth-order valence-electron chi connectivity index (χ4n) is 5.74. The Morgan fingerprint density at radius 2 is 1.27 bits per heavy atom. The Hall–Kier alpha value is -2.04. The zero-order valence-electron chi connectivity index (χ0n) is 26.6. The van der Waals surface area contributed by atoms with Gasteiger partial charge in [-0.2, -0.15) is 0 Å². The number of likely N-dealkylation sites (tertiary alicyclic amines) is 1. The van der Waals surface area contributed by atoms with Gasteiger partial charge in [-0.05, 0) is 57.1 Å². The van der Waals surface area contributed by atoms with Crippen molar-refractivity contribution in [3.8, 4) is 0 Å². The minimum Gasteiger partial charge on any atom is -0.481 e. The molecule has 0 saturated carbocycles. The Bertz CT molecular complexity index is 773. The summed E-state index contributed by atoms with van der Waals surface area (Å²) in [6.07, 6.45) is 26.0. The zero-order chi connectivity index (χ0) is 29.4. The molecule has 40 heavy (non-hydrogen) atoms. The van der Waals surface area contributed by atoms with Gasteiger partial charge in [0.05, 0.1) is 0 Å². The van der Waals surface area contributed by atoms with Gasteiger partial charge in [0.25, 0.3) is 0 Å². The number of rotatable bonds is 19. The van der Waals surface area contributed by atoms with Crippen LogP contribution in [0.3, 0.4) is 0 Å². The number of para-hydroxylation sites is 1. The van der Waals surface area contributed by atoms with E-state index in [1.54, 1.807) is 0 Å². The Morgan fingerprint density at radius 3 is 1.75 bits per heavy atom. The van der Waals surface area contributed by atoms with E-state index in [9.17, 15) is 9.59 Å². The van der Waals surface area contributed by atoms with E-state index >= 15 is 0 Å². The van der Waals surface area contributed by atoms with Crippen LogP contribution in [0.15, 0.2) is 18.2 Å². The molecule has 1 aliphatic heterocycles. The minimum absolute atomic E-state index is 0.0700. The van der Waals surface area contributed by atoms with Crippen LogP contribution in [0.1, 0.15) is 160 Å². The molecule has 2 amide bonds. The maximum atomic E-state index is 12.6. The first-order chi connectivity index (χ1) is 19.4. The third kappa shape index (κ3) is 16.9. The summed E-state index contributed by atoms with van der Waals surface area (Å²) in [6, 6.07) is 6.60. The number of carboxylic acids is 1. The molecular weight excluding hydrogens is 496 g/mol. The van der Waals surface area contributed by atoms with E-state index in [1.807, 2.05) is 36.9 Å². The van der Waals surface area contributed by atoms with Crippen LogP contribution in [0.2, 0.25) is 0 Å². The normalized spacial score (nSPS) is 14.9. The first kappa shape index (κ1) is 36.0. The number of hydrogen-bond donors (Lipinski definition) is 2. The molecule has 230 valence electrons. The molecule has 1 unspecified atom stereocenters. The van der Waals surface area contributed by atoms with E-state index in [1.165, 1.54) is 89.9 Å². The van der Waals surface area contributed by atoms with E-state index in [-0.39, 0.29) is 6.03 Å². The number of piperidine rings is 1. The number of aryl methyl sites for hydroxylation is 2. The zero-order valence-corrected chi connectivity index (χ0v) is 26.6. The first-order valence-corrected chi connectivity index (χ1v) is 16.8. The number of anilines is 1. The monoisotopic (exact) mass is 558 g/mol. The second kappa shape index (κ2) is 23.6. The Labute approximate surface area is 246 Å². The summed E-state index contributed by atoms with van der Waals surface area (Å²) < 4.78 is 0. The smallest absolute Gasteiger partial charge is 0.322 e. The summed E-state index contributed by atoms with van der Waals surface area (Å²) in [5, 5.41) is 11.6. The van der Waals surface area contributed by atoms with E-state index in [0.717, 1.165) is 61.9 Å². The lowest BCUT2D eigenvalue weighted by molar-refractivity contribution is -0.137. The third-order valence-electron chi connectivity index (χ3n) is 8.22. The summed E-state index contributed by atoms with van der Waals surface area (Å²) in [7, 11) is 0. The summed E-state index contributed by atoms with van der Waals surface area (Å²) in [5.74, 6) is -0.653. The number of benzene rings is 1. The highest BCUT2D eigenvalue weighted by atomic mass is 16.4. The van der Waals surface area contributed by atoms with Crippen LogP contribution >= 0.6 is 0 Å². The number of amides is 2. The molecule has 0 aromatic heterocycles. The number of carbonyl (C=O) groups is 2.